The molecule has 18 heavy (non-hydrogen) atoms. The van der Waals surface area contributed by atoms with E-state index in [1.54, 1.807) is 0 Å². The molecule has 0 amide bonds. The summed E-state index contributed by atoms with van der Waals surface area (Å²) in [4.78, 5) is 0. The fraction of sp³-hybridized carbons (Fsp3) is 0.167. The smallest absolute Gasteiger partial charge is 0.143 e. The van der Waals surface area contributed by atoms with Gasteiger partial charge in [-0.1, -0.05) is 0 Å². The molecule has 0 radical (unpaired) electrons. The molecule has 0 aliphatic rings. The van der Waals surface area contributed by atoms with E-state index in [2.05, 4.69) is 31.9 Å². The lowest BCUT2D eigenvalue weighted by Gasteiger charge is -2.12. The molecule has 1 nitrogen and oxygen atoms in total. The van der Waals surface area contributed by atoms with Gasteiger partial charge in [0.25, 0.3) is 0 Å². The third-order valence-corrected chi connectivity index (χ3v) is 4.71. The molecule has 6 heteroatoms. The fourth-order valence-electron chi connectivity index (χ4n) is 1.61. The molecule has 0 spiro atoms. The molecule has 1 aromatic carbocycles. The van der Waals surface area contributed by atoms with Gasteiger partial charge in [-0.2, -0.15) is 0 Å². The molecule has 0 aliphatic heterocycles. The minimum Gasteiger partial charge on any atom is -0.324 e. The summed E-state index contributed by atoms with van der Waals surface area (Å²) in [6, 6.07) is 4.02. The van der Waals surface area contributed by atoms with Gasteiger partial charge >= 0.3 is 0 Å². The van der Waals surface area contributed by atoms with E-state index < -0.39 is 17.7 Å². The van der Waals surface area contributed by atoms with Gasteiger partial charge in [-0.05, 0) is 67.4 Å². The summed E-state index contributed by atoms with van der Waals surface area (Å²) >= 11 is 7.87. The van der Waals surface area contributed by atoms with Crippen LogP contribution in [0, 0.1) is 11.6 Å². The Morgan fingerprint density at radius 3 is 2.61 bits per heavy atom. The van der Waals surface area contributed by atoms with Gasteiger partial charge in [0.1, 0.15) is 11.6 Å². The third kappa shape index (κ3) is 2.99. The highest BCUT2D eigenvalue weighted by Gasteiger charge is 2.17. The van der Waals surface area contributed by atoms with Gasteiger partial charge in [0.05, 0.1) is 8.26 Å². The molecule has 0 saturated heterocycles. The van der Waals surface area contributed by atoms with Crippen molar-refractivity contribution in [1.29, 1.82) is 0 Å². The predicted molar refractivity (Wildman–Crippen MR) is 76.7 cm³/mol. The lowest BCUT2D eigenvalue weighted by Crippen LogP contribution is -2.14. The molecule has 96 valence electrons. The molecule has 2 N–H and O–H groups in total. The van der Waals surface area contributed by atoms with E-state index >= 15 is 0 Å². The monoisotopic (exact) mass is 395 g/mol. The van der Waals surface area contributed by atoms with Gasteiger partial charge in [0, 0.05) is 11.6 Å². The molecular formula is C12H9Br2F2NS. The van der Waals surface area contributed by atoms with Gasteiger partial charge in [-0.15, -0.1) is 11.3 Å². The Bertz CT molecular complexity index is 571. The van der Waals surface area contributed by atoms with Crippen LogP contribution < -0.4 is 5.73 Å². The van der Waals surface area contributed by atoms with Crippen LogP contribution in [0.3, 0.4) is 0 Å². The van der Waals surface area contributed by atoms with Crippen LogP contribution in [0.25, 0.3) is 0 Å². The van der Waals surface area contributed by atoms with Crippen LogP contribution in [0.5, 0.6) is 0 Å². The van der Waals surface area contributed by atoms with Crippen molar-refractivity contribution >= 4 is 43.2 Å². The average molecular weight is 397 g/mol. The molecular weight excluding hydrogens is 388 g/mol. The second kappa shape index (κ2) is 5.77. The van der Waals surface area contributed by atoms with Crippen LogP contribution in [-0.2, 0) is 6.42 Å². The fourth-order valence-corrected chi connectivity index (χ4v) is 3.22. The van der Waals surface area contributed by atoms with E-state index in [0.717, 1.165) is 9.35 Å². The van der Waals surface area contributed by atoms with Gasteiger partial charge in [0.2, 0.25) is 0 Å². The summed E-state index contributed by atoms with van der Waals surface area (Å²) in [7, 11) is 0. The Kier molecular flexibility index (Phi) is 4.53. The maximum atomic E-state index is 13.8. The summed E-state index contributed by atoms with van der Waals surface area (Å²) in [5.41, 5.74) is 6.84. The molecule has 1 atom stereocenters. The lowest BCUT2D eigenvalue weighted by molar-refractivity contribution is 0.536. The zero-order valence-electron chi connectivity index (χ0n) is 9.09. The Labute approximate surface area is 124 Å². The molecule has 0 saturated carbocycles. The van der Waals surface area contributed by atoms with E-state index in [9.17, 15) is 8.78 Å². The molecule has 2 aromatic rings. The maximum Gasteiger partial charge on any atom is 0.143 e. The van der Waals surface area contributed by atoms with Crippen LogP contribution in [0.15, 0.2) is 31.8 Å². The number of halogens is 4. The van der Waals surface area contributed by atoms with Crippen LogP contribution in [0.1, 0.15) is 17.2 Å². The lowest BCUT2D eigenvalue weighted by atomic mass is 10.0. The van der Waals surface area contributed by atoms with Crippen LogP contribution in [0.2, 0.25) is 0 Å². The Morgan fingerprint density at radius 1 is 1.28 bits per heavy atom. The first-order valence-electron chi connectivity index (χ1n) is 5.11. The molecule has 2 rings (SSSR count). The SMILES string of the molecule is NC(Cc1c(F)ccc(Br)c1F)c1csc(Br)c1. The first-order valence-corrected chi connectivity index (χ1v) is 7.57. The highest BCUT2D eigenvalue weighted by Crippen LogP contribution is 2.29. The highest BCUT2D eigenvalue weighted by molar-refractivity contribution is 9.11. The number of hydrogen-bond acceptors (Lipinski definition) is 2. The normalized spacial score (nSPS) is 12.7. The maximum absolute atomic E-state index is 13.8. The second-order valence-corrected chi connectivity index (χ2v) is 6.96. The quantitative estimate of drug-likeness (QED) is 0.741. The number of benzene rings is 1. The Balaban J connectivity index is 2.27. The number of hydrogen-bond donors (Lipinski definition) is 1. The van der Waals surface area contributed by atoms with E-state index in [4.69, 9.17) is 5.73 Å². The standard InChI is InChI=1S/C12H9Br2F2NS/c13-8-1-2-9(15)7(12(8)16)4-10(17)6-3-11(14)18-5-6/h1-3,5,10H,4,17H2. The summed E-state index contributed by atoms with van der Waals surface area (Å²) in [5, 5.41) is 1.88. The van der Waals surface area contributed by atoms with Crippen molar-refractivity contribution in [2.45, 2.75) is 12.5 Å². The number of thiophene rings is 1. The van der Waals surface area contributed by atoms with Crippen LogP contribution in [-0.4, -0.2) is 0 Å². The predicted octanol–water partition coefficient (Wildman–Crippen LogP) is 4.79. The molecule has 0 fully saturated rings. The molecule has 1 unspecified atom stereocenters. The summed E-state index contributed by atoms with van der Waals surface area (Å²) < 4.78 is 28.6. The molecule has 0 bridgehead atoms. The van der Waals surface area contributed by atoms with E-state index in [1.165, 1.54) is 23.5 Å². The molecule has 1 heterocycles. The first-order chi connectivity index (χ1) is 8.49. The van der Waals surface area contributed by atoms with Crippen molar-refractivity contribution < 1.29 is 8.78 Å². The zero-order valence-corrected chi connectivity index (χ0v) is 13.1. The Morgan fingerprint density at radius 2 is 2.00 bits per heavy atom. The molecule has 0 aliphatic carbocycles. The number of nitrogens with two attached hydrogens (primary N) is 1. The van der Waals surface area contributed by atoms with Gasteiger partial charge in [-0.25, -0.2) is 8.78 Å². The highest BCUT2D eigenvalue weighted by atomic mass is 79.9. The van der Waals surface area contributed by atoms with Crippen molar-refractivity contribution in [3.63, 3.8) is 0 Å². The van der Waals surface area contributed by atoms with Crippen LogP contribution >= 0.6 is 43.2 Å². The number of rotatable bonds is 3. The van der Waals surface area contributed by atoms with Gasteiger partial charge in [0.15, 0.2) is 0 Å². The van der Waals surface area contributed by atoms with Crippen LogP contribution in [0.4, 0.5) is 8.78 Å². The topological polar surface area (TPSA) is 26.0 Å². The Hall–Kier alpha value is -0.300. The zero-order chi connectivity index (χ0) is 13.3. The summed E-state index contributed by atoms with van der Waals surface area (Å²) in [5.74, 6) is -1.15. The van der Waals surface area contributed by atoms with Crippen molar-refractivity contribution in [3.8, 4) is 0 Å². The first kappa shape index (κ1) is 14.1. The van der Waals surface area contributed by atoms with Crippen molar-refractivity contribution in [2.75, 3.05) is 0 Å². The molecule has 1 aromatic heterocycles. The van der Waals surface area contributed by atoms with Gasteiger partial charge < -0.3 is 5.73 Å². The summed E-state index contributed by atoms with van der Waals surface area (Å²) in [6.45, 7) is 0. The second-order valence-electron chi connectivity index (χ2n) is 3.82. The average Bonchev–Trinajstić information content (AvgIpc) is 2.76. The largest absolute Gasteiger partial charge is 0.324 e. The van der Waals surface area contributed by atoms with E-state index in [0.29, 0.717) is 0 Å². The third-order valence-electron chi connectivity index (χ3n) is 2.58. The summed E-state index contributed by atoms with van der Waals surface area (Å²) in [6.07, 6.45) is 0.125. The van der Waals surface area contributed by atoms with Crippen molar-refractivity contribution in [3.05, 3.63) is 54.6 Å². The minimum absolute atomic E-state index is 0.0131. The van der Waals surface area contributed by atoms with E-state index in [1.807, 2.05) is 11.4 Å². The van der Waals surface area contributed by atoms with Crippen molar-refractivity contribution in [1.82, 2.24) is 0 Å². The van der Waals surface area contributed by atoms with Crippen molar-refractivity contribution in [2.24, 2.45) is 5.73 Å². The van der Waals surface area contributed by atoms with Gasteiger partial charge in [-0.3, -0.25) is 0 Å². The minimum atomic E-state index is -0.584. The van der Waals surface area contributed by atoms with E-state index in [-0.39, 0.29) is 16.5 Å².